The number of rotatable bonds is 3. The third-order valence-electron chi connectivity index (χ3n) is 2.85. The van der Waals surface area contributed by atoms with Gasteiger partial charge in [0.15, 0.2) is 0 Å². The average Bonchev–Trinajstić information content (AvgIpc) is 2.85. The molecule has 5 heteroatoms. The zero-order valence-corrected chi connectivity index (χ0v) is 11.1. The first-order valence-corrected chi connectivity index (χ1v) is 6.12. The van der Waals surface area contributed by atoms with Crippen molar-refractivity contribution < 1.29 is 19.0 Å². The first-order chi connectivity index (χ1) is 8.61. The third-order valence-corrected chi connectivity index (χ3v) is 3.16. The molecule has 1 aliphatic rings. The van der Waals surface area contributed by atoms with Crippen molar-refractivity contribution in [2.24, 2.45) is 0 Å². The number of esters is 1. The van der Waals surface area contributed by atoms with E-state index in [1.54, 1.807) is 12.1 Å². The molecule has 1 aliphatic heterocycles. The number of benzene rings is 1. The van der Waals surface area contributed by atoms with E-state index in [4.69, 9.17) is 21.1 Å². The fourth-order valence-corrected chi connectivity index (χ4v) is 2.07. The first kappa shape index (κ1) is 13.2. The molecule has 1 atom stereocenters. The Bertz CT molecular complexity index is 453. The van der Waals surface area contributed by atoms with Gasteiger partial charge in [0.1, 0.15) is 11.9 Å². The molecule has 1 unspecified atom stereocenters. The maximum Gasteiger partial charge on any atom is 0.339 e. The Morgan fingerprint density at radius 1 is 1.50 bits per heavy atom. The van der Waals surface area contributed by atoms with E-state index < -0.39 is 5.97 Å². The third kappa shape index (κ3) is 2.76. The van der Waals surface area contributed by atoms with Gasteiger partial charge in [0.2, 0.25) is 0 Å². The molecule has 0 spiro atoms. The van der Waals surface area contributed by atoms with Crippen LogP contribution in [0.3, 0.4) is 0 Å². The summed E-state index contributed by atoms with van der Waals surface area (Å²) in [6.45, 7) is 3.18. The lowest BCUT2D eigenvalue weighted by atomic mass is 10.1. The second-order valence-electron chi connectivity index (χ2n) is 4.19. The van der Waals surface area contributed by atoms with E-state index in [1.807, 2.05) is 6.92 Å². The topological polar surface area (TPSA) is 44.8 Å². The quantitative estimate of drug-likeness (QED) is 0.792. The largest absolute Gasteiger partial charge is 0.488 e. The van der Waals surface area contributed by atoms with Crippen LogP contribution in [-0.2, 0) is 9.47 Å². The molecule has 0 N–H and O–H groups in total. The van der Waals surface area contributed by atoms with Gasteiger partial charge in [0.05, 0.1) is 30.9 Å². The second kappa shape index (κ2) is 5.59. The smallest absolute Gasteiger partial charge is 0.339 e. The predicted octanol–water partition coefficient (Wildman–Crippen LogP) is 2.60. The molecule has 0 radical (unpaired) electrons. The molecule has 0 bridgehead atoms. The number of carbonyl (C=O) groups is 1. The van der Waals surface area contributed by atoms with Crippen molar-refractivity contribution in [3.05, 3.63) is 28.3 Å². The molecule has 0 saturated carbocycles. The van der Waals surface area contributed by atoms with Crippen molar-refractivity contribution in [1.82, 2.24) is 0 Å². The molecule has 98 valence electrons. The summed E-state index contributed by atoms with van der Waals surface area (Å²) < 4.78 is 15.7. The van der Waals surface area contributed by atoms with Crippen molar-refractivity contribution in [3.63, 3.8) is 0 Å². The van der Waals surface area contributed by atoms with E-state index >= 15 is 0 Å². The fraction of sp³-hybridized carbons (Fsp3) is 0.462. The summed E-state index contributed by atoms with van der Waals surface area (Å²) in [5, 5.41) is 0.335. The summed E-state index contributed by atoms with van der Waals surface area (Å²) in [6, 6.07) is 3.33. The van der Waals surface area contributed by atoms with Crippen molar-refractivity contribution in [2.75, 3.05) is 20.3 Å². The minimum Gasteiger partial charge on any atom is -0.488 e. The molecule has 1 aromatic rings. The number of halogens is 1. The molecule has 1 aromatic carbocycles. The molecule has 0 aliphatic carbocycles. The minimum atomic E-state index is -0.446. The van der Waals surface area contributed by atoms with E-state index in [9.17, 15) is 4.79 Å². The van der Waals surface area contributed by atoms with Crippen molar-refractivity contribution in [1.29, 1.82) is 0 Å². The number of aryl methyl sites for hydroxylation is 1. The SMILES string of the molecule is COC(=O)c1cc(C)c(OC2CCOC2)cc1Cl. The predicted molar refractivity (Wildman–Crippen MR) is 67.4 cm³/mol. The van der Waals surface area contributed by atoms with Crippen LogP contribution in [-0.4, -0.2) is 32.4 Å². The molecule has 1 saturated heterocycles. The van der Waals surface area contributed by atoms with Gasteiger partial charge in [-0.05, 0) is 24.6 Å². The lowest BCUT2D eigenvalue weighted by Gasteiger charge is -2.15. The Labute approximate surface area is 111 Å². The number of methoxy groups -OCH3 is 1. The lowest BCUT2D eigenvalue weighted by Crippen LogP contribution is -2.16. The van der Waals surface area contributed by atoms with Crippen LogP contribution in [0, 0.1) is 6.92 Å². The van der Waals surface area contributed by atoms with Crippen molar-refractivity contribution in [2.45, 2.75) is 19.4 Å². The van der Waals surface area contributed by atoms with E-state index in [2.05, 4.69) is 4.74 Å². The van der Waals surface area contributed by atoms with Gasteiger partial charge in [0.25, 0.3) is 0 Å². The van der Waals surface area contributed by atoms with Gasteiger partial charge in [-0.25, -0.2) is 4.79 Å². The number of carbonyl (C=O) groups excluding carboxylic acids is 1. The Hall–Kier alpha value is -1.26. The number of ether oxygens (including phenoxy) is 3. The van der Waals surface area contributed by atoms with Gasteiger partial charge >= 0.3 is 5.97 Å². The standard InChI is InChI=1S/C13H15ClO4/c1-8-5-10(13(15)16-2)11(14)6-12(8)18-9-3-4-17-7-9/h5-6,9H,3-4,7H2,1-2H3. The summed E-state index contributed by atoms with van der Waals surface area (Å²) in [5.41, 5.74) is 1.21. The molecular weight excluding hydrogens is 256 g/mol. The summed E-state index contributed by atoms with van der Waals surface area (Å²) in [5.74, 6) is 0.238. The van der Waals surface area contributed by atoms with Crippen LogP contribution in [0.5, 0.6) is 5.75 Å². The number of hydrogen-bond acceptors (Lipinski definition) is 4. The molecule has 1 heterocycles. The minimum absolute atomic E-state index is 0.0590. The normalized spacial score (nSPS) is 18.7. The second-order valence-corrected chi connectivity index (χ2v) is 4.60. The zero-order chi connectivity index (χ0) is 13.1. The highest BCUT2D eigenvalue weighted by molar-refractivity contribution is 6.33. The number of hydrogen-bond donors (Lipinski definition) is 0. The highest BCUT2D eigenvalue weighted by Crippen LogP contribution is 2.29. The van der Waals surface area contributed by atoms with Gasteiger partial charge in [0, 0.05) is 6.42 Å². The zero-order valence-electron chi connectivity index (χ0n) is 10.4. The van der Waals surface area contributed by atoms with E-state index in [-0.39, 0.29) is 6.10 Å². The van der Waals surface area contributed by atoms with Crippen LogP contribution < -0.4 is 4.74 Å². The van der Waals surface area contributed by atoms with E-state index in [1.165, 1.54) is 7.11 Å². The van der Waals surface area contributed by atoms with Gasteiger partial charge in [-0.2, -0.15) is 0 Å². The summed E-state index contributed by atoms with van der Waals surface area (Å²) in [7, 11) is 1.33. The lowest BCUT2D eigenvalue weighted by molar-refractivity contribution is 0.0600. The van der Waals surface area contributed by atoms with E-state index in [0.717, 1.165) is 18.6 Å². The fourth-order valence-electron chi connectivity index (χ4n) is 1.84. The van der Waals surface area contributed by atoms with Gasteiger partial charge in [-0.1, -0.05) is 11.6 Å². The van der Waals surface area contributed by atoms with Gasteiger partial charge < -0.3 is 14.2 Å². The Morgan fingerprint density at radius 2 is 2.28 bits per heavy atom. The average molecular weight is 271 g/mol. The molecule has 1 fully saturated rings. The van der Waals surface area contributed by atoms with Crippen LogP contribution in [0.4, 0.5) is 0 Å². The van der Waals surface area contributed by atoms with E-state index in [0.29, 0.717) is 22.9 Å². The van der Waals surface area contributed by atoms with Gasteiger partial charge in [-0.15, -0.1) is 0 Å². The first-order valence-electron chi connectivity index (χ1n) is 5.74. The van der Waals surface area contributed by atoms with Crippen LogP contribution in [0.25, 0.3) is 0 Å². The highest BCUT2D eigenvalue weighted by Gasteiger charge is 2.20. The molecule has 18 heavy (non-hydrogen) atoms. The summed E-state index contributed by atoms with van der Waals surface area (Å²) in [6.07, 6.45) is 0.930. The van der Waals surface area contributed by atoms with Crippen LogP contribution in [0.15, 0.2) is 12.1 Å². The Balaban J connectivity index is 2.22. The molecule has 4 nitrogen and oxygen atoms in total. The van der Waals surface area contributed by atoms with Gasteiger partial charge in [-0.3, -0.25) is 0 Å². The maximum absolute atomic E-state index is 11.5. The summed E-state index contributed by atoms with van der Waals surface area (Å²) >= 11 is 6.05. The van der Waals surface area contributed by atoms with Crippen LogP contribution in [0.1, 0.15) is 22.3 Å². The Morgan fingerprint density at radius 3 is 2.89 bits per heavy atom. The van der Waals surface area contributed by atoms with Crippen molar-refractivity contribution >= 4 is 17.6 Å². The highest BCUT2D eigenvalue weighted by atomic mass is 35.5. The molecular formula is C13H15ClO4. The Kier molecular flexibility index (Phi) is 4.09. The monoisotopic (exact) mass is 270 g/mol. The summed E-state index contributed by atoms with van der Waals surface area (Å²) in [4.78, 5) is 11.5. The maximum atomic E-state index is 11.5. The molecule has 2 rings (SSSR count). The molecule has 0 amide bonds. The molecule has 0 aromatic heterocycles. The van der Waals surface area contributed by atoms with Crippen LogP contribution in [0.2, 0.25) is 5.02 Å². The van der Waals surface area contributed by atoms with Crippen LogP contribution >= 0.6 is 11.6 Å². The van der Waals surface area contributed by atoms with Crippen molar-refractivity contribution in [3.8, 4) is 5.75 Å².